The van der Waals surface area contributed by atoms with Crippen molar-refractivity contribution < 1.29 is 0 Å². The summed E-state index contributed by atoms with van der Waals surface area (Å²) >= 11 is 0. The van der Waals surface area contributed by atoms with Gasteiger partial charge in [0.2, 0.25) is 0 Å². The maximum atomic E-state index is 5.97. The fourth-order valence-electron chi connectivity index (χ4n) is 3.60. The Balaban J connectivity index is 1.68. The van der Waals surface area contributed by atoms with E-state index in [0.717, 1.165) is 18.2 Å². The fourth-order valence-corrected chi connectivity index (χ4v) is 3.60. The summed E-state index contributed by atoms with van der Waals surface area (Å²) < 4.78 is 0. The van der Waals surface area contributed by atoms with Gasteiger partial charge >= 0.3 is 0 Å². The molecule has 0 radical (unpaired) electrons. The van der Waals surface area contributed by atoms with Gasteiger partial charge in [0, 0.05) is 18.3 Å². The molecule has 3 nitrogen and oxygen atoms in total. The lowest BCUT2D eigenvalue weighted by Crippen LogP contribution is -2.37. The number of nitrogens with zero attached hydrogens (tertiary/aromatic N) is 1. The molecule has 1 heterocycles. The molecule has 0 amide bonds. The van der Waals surface area contributed by atoms with Crippen LogP contribution in [0.3, 0.4) is 0 Å². The van der Waals surface area contributed by atoms with Crippen molar-refractivity contribution in [1.82, 2.24) is 4.98 Å². The second-order valence-electron chi connectivity index (χ2n) is 6.04. The molecule has 0 aromatic carbocycles. The van der Waals surface area contributed by atoms with Crippen LogP contribution in [0, 0.1) is 5.92 Å². The Kier molecular flexibility index (Phi) is 4.02. The highest BCUT2D eigenvalue weighted by molar-refractivity contribution is 5.41. The molecule has 0 aliphatic heterocycles. The quantitative estimate of drug-likeness (QED) is 0.874. The number of aryl methyl sites for hydroxylation is 2. The normalized spacial score (nSPS) is 21.1. The van der Waals surface area contributed by atoms with Crippen molar-refractivity contribution >= 4 is 5.82 Å². The van der Waals surface area contributed by atoms with Gasteiger partial charge < -0.3 is 11.1 Å². The molecule has 3 N–H and O–H groups in total. The molecular formula is C16H25N3. The van der Waals surface area contributed by atoms with Crippen LogP contribution in [0.5, 0.6) is 0 Å². The van der Waals surface area contributed by atoms with Gasteiger partial charge in [-0.2, -0.15) is 0 Å². The standard InChI is InChI=1S/C16H25N3/c17-11-15(12-5-2-1-3-6-12)19-16-10-9-13-7-4-8-14(13)18-16/h9-10,12,15H,1-8,11,17H2,(H,18,19). The average molecular weight is 259 g/mol. The highest BCUT2D eigenvalue weighted by Gasteiger charge is 2.23. The van der Waals surface area contributed by atoms with Crippen molar-refractivity contribution in [2.75, 3.05) is 11.9 Å². The van der Waals surface area contributed by atoms with Gasteiger partial charge in [-0.1, -0.05) is 25.3 Å². The molecule has 1 aromatic rings. The van der Waals surface area contributed by atoms with Gasteiger partial charge in [-0.3, -0.25) is 0 Å². The molecule has 1 fully saturated rings. The van der Waals surface area contributed by atoms with E-state index < -0.39 is 0 Å². The molecule has 2 aliphatic rings. The lowest BCUT2D eigenvalue weighted by molar-refractivity contribution is 0.320. The number of hydrogen-bond donors (Lipinski definition) is 2. The largest absolute Gasteiger partial charge is 0.366 e. The zero-order valence-corrected chi connectivity index (χ0v) is 11.7. The zero-order chi connectivity index (χ0) is 13.1. The molecule has 0 saturated heterocycles. The Morgan fingerprint density at radius 2 is 2.00 bits per heavy atom. The molecule has 104 valence electrons. The SMILES string of the molecule is NCC(Nc1ccc2c(n1)CCC2)C1CCCCC1. The number of hydrogen-bond acceptors (Lipinski definition) is 3. The minimum Gasteiger partial charge on any atom is -0.366 e. The summed E-state index contributed by atoms with van der Waals surface area (Å²) in [6.45, 7) is 0.712. The predicted octanol–water partition coefficient (Wildman–Crippen LogP) is 2.89. The average Bonchev–Trinajstić information content (AvgIpc) is 2.93. The first kappa shape index (κ1) is 12.9. The Bertz CT molecular complexity index is 424. The van der Waals surface area contributed by atoms with E-state index >= 15 is 0 Å². The maximum absolute atomic E-state index is 5.97. The van der Waals surface area contributed by atoms with Crippen LogP contribution in [0.2, 0.25) is 0 Å². The number of rotatable bonds is 4. The van der Waals surface area contributed by atoms with Crippen LogP contribution in [0.15, 0.2) is 12.1 Å². The second-order valence-corrected chi connectivity index (χ2v) is 6.04. The summed E-state index contributed by atoms with van der Waals surface area (Å²) in [5.41, 5.74) is 8.71. The highest BCUT2D eigenvalue weighted by atomic mass is 15.0. The van der Waals surface area contributed by atoms with Crippen molar-refractivity contribution in [3.05, 3.63) is 23.4 Å². The molecule has 1 atom stereocenters. The van der Waals surface area contributed by atoms with E-state index in [9.17, 15) is 0 Å². The lowest BCUT2D eigenvalue weighted by Gasteiger charge is -2.30. The third-order valence-corrected chi connectivity index (χ3v) is 4.73. The molecule has 0 bridgehead atoms. The summed E-state index contributed by atoms with van der Waals surface area (Å²) in [5.74, 6) is 1.76. The van der Waals surface area contributed by atoms with Gasteiger partial charge in [0.1, 0.15) is 5.82 Å². The molecule has 1 unspecified atom stereocenters. The number of anilines is 1. The summed E-state index contributed by atoms with van der Waals surface area (Å²) in [6, 6.07) is 4.77. The van der Waals surface area contributed by atoms with Crippen LogP contribution in [0.25, 0.3) is 0 Å². The first-order valence-corrected chi connectivity index (χ1v) is 7.82. The van der Waals surface area contributed by atoms with Crippen LogP contribution < -0.4 is 11.1 Å². The van der Waals surface area contributed by atoms with E-state index in [0.29, 0.717) is 12.6 Å². The molecule has 1 saturated carbocycles. The van der Waals surface area contributed by atoms with Crippen molar-refractivity contribution in [3.63, 3.8) is 0 Å². The van der Waals surface area contributed by atoms with Crippen molar-refractivity contribution in [3.8, 4) is 0 Å². The van der Waals surface area contributed by atoms with Gasteiger partial charge in [-0.25, -0.2) is 4.98 Å². The minimum absolute atomic E-state index is 0.396. The van der Waals surface area contributed by atoms with Gasteiger partial charge in [0.05, 0.1) is 0 Å². The van der Waals surface area contributed by atoms with Gasteiger partial charge in [0.25, 0.3) is 0 Å². The number of fused-ring (bicyclic) bond motifs is 1. The third kappa shape index (κ3) is 2.92. The number of nitrogens with one attached hydrogen (secondary N) is 1. The molecule has 19 heavy (non-hydrogen) atoms. The molecule has 3 rings (SSSR count). The van der Waals surface area contributed by atoms with Crippen LogP contribution in [0.4, 0.5) is 5.82 Å². The molecule has 3 heteroatoms. The van der Waals surface area contributed by atoms with Crippen molar-refractivity contribution in [1.29, 1.82) is 0 Å². The van der Waals surface area contributed by atoms with Gasteiger partial charge in [-0.15, -0.1) is 0 Å². The predicted molar refractivity (Wildman–Crippen MR) is 79.3 cm³/mol. The summed E-state index contributed by atoms with van der Waals surface area (Å²) in [5, 5.41) is 3.59. The van der Waals surface area contributed by atoms with E-state index in [1.165, 1.54) is 56.2 Å². The van der Waals surface area contributed by atoms with E-state index in [-0.39, 0.29) is 0 Å². The molecule has 1 aromatic heterocycles. The van der Waals surface area contributed by atoms with Crippen LogP contribution in [0.1, 0.15) is 49.8 Å². The molecular weight excluding hydrogens is 234 g/mol. The number of pyridine rings is 1. The van der Waals surface area contributed by atoms with E-state index in [4.69, 9.17) is 10.7 Å². The first-order valence-electron chi connectivity index (χ1n) is 7.82. The Labute approximate surface area is 116 Å². The lowest BCUT2D eigenvalue weighted by atomic mass is 9.84. The van der Waals surface area contributed by atoms with E-state index in [2.05, 4.69) is 17.4 Å². The first-order chi connectivity index (χ1) is 9.36. The number of aromatic nitrogens is 1. The van der Waals surface area contributed by atoms with Gasteiger partial charge in [-0.05, 0) is 49.7 Å². The Hall–Kier alpha value is -1.09. The summed E-state index contributed by atoms with van der Waals surface area (Å²) in [6.07, 6.45) is 10.4. The summed E-state index contributed by atoms with van der Waals surface area (Å²) in [4.78, 5) is 4.77. The smallest absolute Gasteiger partial charge is 0.126 e. The van der Waals surface area contributed by atoms with E-state index in [1.54, 1.807) is 0 Å². The Morgan fingerprint density at radius 3 is 2.79 bits per heavy atom. The van der Waals surface area contributed by atoms with Gasteiger partial charge in [0.15, 0.2) is 0 Å². The highest BCUT2D eigenvalue weighted by Crippen LogP contribution is 2.28. The monoisotopic (exact) mass is 259 g/mol. The fraction of sp³-hybridized carbons (Fsp3) is 0.688. The van der Waals surface area contributed by atoms with Crippen molar-refractivity contribution in [2.45, 2.75) is 57.4 Å². The number of nitrogens with two attached hydrogens (primary N) is 1. The zero-order valence-electron chi connectivity index (χ0n) is 11.7. The van der Waals surface area contributed by atoms with Crippen LogP contribution in [-0.2, 0) is 12.8 Å². The Morgan fingerprint density at radius 1 is 1.16 bits per heavy atom. The topological polar surface area (TPSA) is 50.9 Å². The van der Waals surface area contributed by atoms with Crippen molar-refractivity contribution in [2.24, 2.45) is 11.7 Å². The third-order valence-electron chi connectivity index (χ3n) is 4.73. The van der Waals surface area contributed by atoms with E-state index in [1.807, 2.05) is 0 Å². The molecule has 0 spiro atoms. The second kappa shape index (κ2) is 5.91. The minimum atomic E-state index is 0.396. The van der Waals surface area contributed by atoms with Crippen LogP contribution in [-0.4, -0.2) is 17.6 Å². The van der Waals surface area contributed by atoms with Crippen LogP contribution >= 0.6 is 0 Å². The maximum Gasteiger partial charge on any atom is 0.126 e. The molecule has 2 aliphatic carbocycles. The summed E-state index contributed by atoms with van der Waals surface area (Å²) in [7, 11) is 0.